The van der Waals surface area contributed by atoms with Gasteiger partial charge in [0.25, 0.3) is 0 Å². The van der Waals surface area contributed by atoms with Crippen molar-refractivity contribution < 1.29 is 0 Å². The summed E-state index contributed by atoms with van der Waals surface area (Å²) in [5, 5.41) is 0. The summed E-state index contributed by atoms with van der Waals surface area (Å²) in [7, 11) is 4.49. The van der Waals surface area contributed by atoms with Gasteiger partial charge in [0, 0.05) is 6.04 Å². The van der Waals surface area contributed by atoms with Gasteiger partial charge in [-0.1, -0.05) is 89.5 Å². The van der Waals surface area contributed by atoms with Crippen LogP contribution in [0.3, 0.4) is 0 Å². The normalized spacial score (nSPS) is 13.5. The summed E-state index contributed by atoms with van der Waals surface area (Å²) in [5.74, 6) is 0. The Morgan fingerprint density at radius 2 is 1.12 bits per heavy atom. The molecule has 0 aliphatic carbocycles. The van der Waals surface area contributed by atoms with Crippen LogP contribution in [0.4, 0.5) is 0 Å². The predicted molar refractivity (Wildman–Crippen MR) is 116 cm³/mol. The zero-order chi connectivity index (χ0) is 18.6. The smallest absolute Gasteiger partial charge is 0.00891 e. The molecule has 0 bridgehead atoms. The van der Waals surface area contributed by atoms with Crippen LogP contribution < -0.4 is 0 Å². The number of hydrogen-bond acceptors (Lipinski definition) is 1. The lowest BCUT2D eigenvalue weighted by molar-refractivity contribution is 0.253. The number of unbranched alkanes of at least 4 members (excludes halogenated alkanes) is 9. The standard InChI is InChI=1S/C24H47N/c1-5-7-9-10-11-12-13-14-15-16-17-18-19-20-21-23-24(25(3)4)22-8-6-2/h11-12,14-15,24H,5-10,13,16-23H2,1-4H3/b12-11-,15-14?. The molecule has 1 nitrogen and oxygen atoms in total. The third kappa shape index (κ3) is 18.0. The molecule has 0 heterocycles. The SMILES string of the molecule is CCCCC/C=C\CC=CCCCCCCCC(CCCC)N(C)C. The Labute approximate surface area is 160 Å². The van der Waals surface area contributed by atoms with Gasteiger partial charge in [-0.2, -0.15) is 0 Å². The molecule has 0 saturated carbocycles. The van der Waals surface area contributed by atoms with Gasteiger partial charge in [-0.15, -0.1) is 0 Å². The largest absolute Gasteiger partial charge is 0.306 e. The quantitative estimate of drug-likeness (QED) is 0.179. The molecule has 0 saturated heterocycles. The van der Waals surface area contributed by atoms with Crippen LogP contribution in [0.25, 0.3) is 0 Å². The first-order chi connectivity index (χ1) is 12.2. The maximum Gasteiger partial charge on any atom is 0.00891 e. The van der Waals surface area contributed by atoms with Crippen LogP contribution in [0, 0.1) is 0 Å². The van der Waals surface area contributed by atoms with Crippen LogP contribution in [0.2, 0.25) is 0 Å². The van der Waals surface area contributed by atoms with Crippen molar-refractivity contribution in [3.8, 4) is 0 Å². The minimum Gasteiger partial charge on any atom is -0.306 e. The van der Waals surface area contributed by atoms with Crippen LogP contribution in [0.15, 0.2) is 24.3 Å². The van der Waals surface area contributed by atoms with Gasteiger partial charge in [-0.3, -0.25) is 0 Å². The summed E-state index contributed by atoms with van der Waals surface area (Å²) in [6.45, 7) is 4.56. The highest BCUT2D eigenvalue weighted by Crippen LogP contribution is 2.15. The number of nitrogens with zero attached hydrogens (tertiary/aromatic N) is 1. The van der Waals surface area contributed by atoms with Gasteiger partial charge in [0.1, 0.15) is 0 Å². The van der Waals surface area contributed by atoms with Gasteiger partial charge in [0.15, 0.2) is 0 Å². The predicted octanol–water partition coefficient (Wildman–Crippen LogP) is 7.92. The first-order valence-electron chi connectivity index (χ1n) is 11.2. The van der Waals surface area contributed by atoms with Crippen molar-refractivity contribution in [2.75, 3.05) is 14.1 Å². The number of hydrogen-bond donors (Lipinski definition) is 0. The van der Waals surface area contributed by atoms with Crippen LogP contribution in [-0.4, -0.2) is 25.0 Å². The second kappa shape index (κ2) is 19.8. The molecule has 0 aromatic carbocycles. The van der Waals surface area contributed by atoms with Gasteiger partial charge >= 0.3 is 0 Å². The van der Waals surface area contributed by atoms with Crippen LogP contribution in [0.5, 0.6) is 0 Å². The van der Waals surface area contributed by atoms with E-state index in [9.17, 15) is 0 Å². The fraction of sp³-hybridized carbons (Fsp3) is 0.833. The summed E-state index contributed by atoms with van der Waals surface area (Å²) in [5.41, 5.74) is 0. The molecule has 1 unspecified atom stereocenters. The lowest BCUT2D eigenvalue weighted by Crippen LogP contribution is -2.27. The Morgan fingerprint density at radius 1 is 0.600 bits per heavy atom. The Hall–Kier alpha value is -0.560. The van der Waals surface area contributed by atoms with E-state index < -0.39 is 0 Å². The second-order valence-electron chi connectivity index (χ2n) is 7.78. The molecular formula is C24H47N. The lowest BCUT2D eigenvalue weighted by Gasteiger charge is -2.24. The highest BCUT2D eigenvalue weighted by atomic mass is 15.1. The van der Waals surface area contributed by atoms with Crippen molar-refractivity contribution in [1.82, 2.24) is 4.90 Å². The van der Waals surface area contributed by atoms with E-state index in [-0.39, 0.29) is 0 Å². The van der Waals surface area contributed by atoms with Crippen molar-refractivity contribution in [3.05, 3.63) is 24.3 Å². The monoisotopic (exact) mass is 349 g/mol. The molecule has 25 heavy (non-hydrogen) atoms. The summed E-state index contributed by atoms with van der Waals surface area (Å²) in [6.07, 6.45) is 29.6. The molecule has 0 aliphatic rings. The van der Waals surface area contributed by atoms with E-state index in [4.69, 9.17) is 0 Å². The van der Waals surface area contributed by atoms with Crippen LogP contribution in [-0.2, 0) is 0 Å². The molecule has 0 aliphatic heterocycles. The van der Waals surface area contributed by atoms with Gasteiger partial charge in [0.2, 0.25) is 0 Å². The molecule has 0 radical (unpaired) electrons. The van der Waals surface area contributed by atoms with E-state index in [2.05, 4.69) is 57.1 Å². The average Bonchev–Trinajstić information content (AvgIpc) is 2.60. The van der Waals surface area contributed by atoms with Gasteiger partial charge < -0.3 is 4.90 Å². The van der Waals surface area contributed by atoms with Gasteiger partial charge in [-0.25, -0.2) is 0 Å². The van der Waals surface area contributed by atoms with E-state index >= 15 is 0 Å². The zero-order valence-electron chi connectivity index (χ0n) is 17.9. The number of rotatable bonds is 18. The third-order valence-corrected chi connectivity index (χ3v) is 5.11. The minimum atomic E-state index is 0.804. The highest BCUT2D eigenvalue weighted by molar-refractivity contribution is 4.92. The fourth-order valence-corrected chi connectivity index (χ4v) is 3.29. The van der Waals surface area contributed by atoms with Crippen molar-refractivity contribution in [3.63, 3.8) is 0 Å². The Morgan fingerprint density at radius 3 is 1.72 bits per heavy atom. The van der Waals surface area contributed by atoms with Crippen molar-refractivity contribution in [1.29, 1.82) is 0 Å². The molecule has 0 aromatic heterocycles. The Balaban J connectivity index is 3.41. The molecular weight excluding hydrogens is 302 g/mol. The molecule has 0 spiro atoms. The summed E-state index contributed by atoms with van der Waals surface area (Å²) < 4.78 is 0. The first kappa shape index (κ1) is 24.4. The molecule has 0 fully saturated rings. The molecule has 1 heteroatoms. The molecule has 0 rings (SSSR count). The Bertz CT molecular complexity index is 303. The van der Waals surface area contributed by atoms with Crippen LogP contribution >= 0.6 is 0 Å². The molecule has 148 valence electrons. The Kier molecular flexibility index (Phi) is 19.3. The van der Waals surface area contributed by atoms with Crippen molar-refractivity contribution in [2.24, 2.45) is 0 Å². The van der Waals surface area contributed by atoms with Gasteiger partial charge in [0.05, 0.1) is 0 Å². The third-order valence-electron chi connectivity index (χ3n) is 5.11. The topological polar surface area (TPSA) is 3.24 Å². The molecule has 0 amide bonds. The molecule has 0 N–H and O–H groups in total. The summed E-state index contributed by atoms with van der Waals surface area (Å²) in [6, 6.07) is 0.804. The second-order valence-corrected chi connectivity index (χ2v) is 7.78. The van der Waals surface area contributed by atoms with E-state index in [1.54, 1.807) is 0 Å². The van der Waals surface area contributed by atoms with Crippen molar-refractivity contribution in [2.45, 2.75) is 116 Å². The van der Waals surface area contributed by atoms with E-state index in [1.807, 2.05) is 0 Å². The summed E-state index contributed by atoms with van der Waals surface area (Å²) >= 11 is 0. The fourth-order valence-electron chi connectivity index (χ4n) is 3.29. The lowest BCUT2D eigenvalue weighted by atomic mass is 10.0. The van der Waals surface area contributed by atoms with E-state index in [1.165, 1.54) is 89.9 Å². The maximum absolute atomic E-state index is 2.43. The average molecular weight is 350 g/mol. The number of allylic oxidation sites excluding steroid dienone is 4. The highest BCUT2D eigenvalue weighted by Gasteiger charge is 2.09. The molecule has 0 aromatic rings. The summed E-state index contributed by atoms with van der Waals surface area (Å²) in [4.78, 5) is 2.43. The van der Waals surface area contributed by atoms with E-state index in [0.717, 1.165) is 12.5 Å². The van der Waals surface area contributed by atoms with Crippen molar-refractivity contribution >= 4 is 0 Å². The maximum atomic E-state index is 2.43. The molecule has 1 atom stereocenters. The minimum absolute atomic E-state index is 0.804. The van der Waals surface area contributed by atoms with E-state index in [0.29, 0.717) is 0 Å². The first-order valence-corrected chi connectivity index (χ1v) is 11.2. The zero-order valence-corrected chi connectivity index (χ0v) is 17.9. The van der Waals surface area contributed by atoms with Gasteiger partial charge in [-0.05, 0) is 59.0 Å². The van der Waals surface area contributed by atoms with Crippen LogP contribution in [0.1, 0.15) is 110 Å².